The molecular weight excluding hydrogens is 399 g/mol. The minimum Gasteiger partial charge on any atom is -0.479 e. The maximum Gasteiger partial charge on any atom is 0.330 e. The van der Waals surface area contributed by atoms with E-state index in [9.17, 15) is 14.3 Å². The maximum absolute atomic E-state index is 13.2. The van der Waals surface area contributed by atoms with Gasteiger partial charge in [-0.2, -0.15) is 5.10 Å². The van der Waals surface area contributed by atoms with E-state index in [1.54, 1.807) is 12.1 Å². The van der Waals surface area contributed by atoms with Crippen LogP contribution in [0.25, 0.3) is 0 Å². The number of amidine groups is 1. The van der Waals surface area contributed by atoms with E-state index in [0.717, 1.165) is 5.56 Å². The molecule has 0 saturated heterocycles. The van der Waals surface area contributed by atoms with Crippen LogP contribution in [-0.4, -0.2) is 34.3 Å². The van der Waals surface area contributed by atoms with E-state index in [2.05, 4.69) is 37.7 Å². The molecule has 0 amide bonds. The number of nitrogens with zero attached hydrogens (tertiary/aromatic N) is 3. The SMILES string of the molecule is C=C1/N=C(Cl)\C=N/N/C=C\1C1=NC(N[C@@H](C)c2ccc(F)cc2)=CC(C(=O)O)N1. The molecule has 8 nitrogen and oxygen atoms in total. The van der Waals surface area contributed by atoms with Crippen LogP contribution in [0.4, 0.5) is 4.39 Å². The van der Waals surface area contributed by atoms with Crippen molar-refractivity contribution in [1.29, 1.82) is 0 Å². The Balaban J connectivity index is 1.90. The molecule has 3 rings (SSSR count). The Kier molecular flexibility index (Phi) is 6.08. The molecule has 4 N–H and O–H groups in total. The lowest BCUT2D eigenvalue weighted by Gasteiger charge is -2.25. The summed E-state index contributed by atoms with van der Waals surface area (Å²) in [6.45, 7) is 5.71. The van der Waals surface area contributed by atoms with Gasteiger partial charge in [-0.15, -0.1) is 0 Å². The zero-order chi connectivity index (χ0) is 21.0. The second-order valence-electron chi connectivity index (χ2n) is 6.22. The smallest absolute Gasteiger partial charge is 0.330 e. The number of carboxylic acids is 1. The van der Waals surface area contributed by atoms with Crippen LogP contribution in [0, 0.1) is 5.82 Å². The van der Waals surface area contributed by atoms with Crippen LogP contribution in [0.2, 0.25) is 0 Å². The number of benzene rings is 1. The summed E-state index contributed by atoms with van der Waals surface area (Å²) in [5.41, 5.74) is 4.15. The number of hydrogen-bond acceptors (Lipinski definition) is 7. The van der Waals surface area contributed by atoms with E-state index < -0.39 is 12.0 Å². The first-order valence-corrected chi connectivity index (χ1v) is 8.95. The summed E-state index contributed by atoms with van der Waals surface area (Å²) in [4.78, 5) is 20.2. The molecule has 2 heterocycles. The van der Waals surface area contributed by atoms with Crippen LogP contribution in [0.5, 0.6) is 0 Å². The first-order valence-electron chi connectivity index (χ1n) is 8.58. The van der Waals surface area contributed by atoms with Crippen molar-refractivity contribution in [3.63, 3.8) is 0 Å². The van der Waals surface area contributed by atoms with E-state index in [1.807, 2.05) is 6.92 Å². The third kappa shape index (κ3) is 5.08. The number of carbonyl (C=O) groups is 1. The van der Waals surface area contributed by atoms with Crippen molar-refractivity contribution in [2.45, 2.75) is 19.0 Å². The Morgan fingerprint density at radius 1 is 1.34 bits per heavy atom. The molecule has 2 aliphatic rings. The fraction of sp³-hybridized carbons (Fsp3) is 0.158. The quantitative estimate of drug-likeness (QED) is 0.589. The number of rotatable bonds is 5. The van der Waals surface area contributed by atoms with Crippen molar-refractivity contribution in [2.75, 3.05) is 0 Å². The van der Waals surface area contributed by atoms with Crippen molar-refractivity contribution < 1.29 is 14.3 Å². The predicted octanol–water partition coefficient (Wildman–Crippen LogP) is 2.40. The first kappa shape index (κ1) is 20.3. The molecule has 10 heteroatoms. The highest BCUT2D eigenvalue weighted by molar-refractivity contribution is 6.80. The summed E-state index contributed by atoms with van der Waals surface area (Å²) < 4.78 is 13.2. The third-order valence-corrected chi connectivity index (χ3v) is 4.29. The molecule has 1 aromatic carbocycles. The van der Waals surface area contributed by atoms with Crippen molar-refractivity contribution in [1.82, 2.24) is 16.1 Å². The van der Waals surface area contributed by atoms with Crippen LogP contribution in [0.3, 0.4) is 0 Å². The van der Waals surface area contributed by atoms with Gasteiger partial charge in [-0.05, 0) is 30.7 Å². The van der Waals surface area contributed by atoms with Gasteiger partial charge >= 0.3 is 5.97 Å². The van der Waals surface area contributed by atoms with Crippen molar-refractivity contribution in [3.8, 4) is 0 Å². The molecule has 150 valence electrons. The highest BCUT2D eigenvalue weighted by Gasteiger charge is 2.25. The van der Waals surface area contributed by atoms with Gasteiger partial charge in [-0.1, -0.05) is 30.3 Å². The Bertz CT molecular complexity index is 981. The standard InChI is InChI=1S/C19H18ClFN6O2/c1-10(12-3-5-13(21)6-4-12)25-17-7-15(19(28)29)26-18(27-17)14-8-22-23-9-16(20)24-11(14)2/h3-10,15,22,25H,2H2,1H3,(H,26,27)(H,28,29)/b14-8+,23-9-,24-16+/t10-,15?/m0/s1. The van der Waals surface area contributed by atoms with Crippen molar-refractivity contribution >= 4 is 34.8 Å². The van der Waals surface area contributed by atoms with E-state index in [-0.39, 0.29) is 28.6 Å². The van der Waals surface area contributed by atoms with Gasteiger partial charge in [0, 0.05) is 12.2 Å². The van der Waals surface area contributed by atoms with Gasteiger partial charge in [0.25, 0.3) is 0 Å². The summed E-state index contributed by atoms with van der Waals surface area (Å²) in [6.07, 6.45) is 4.25. The van der Waals surface area contributed by atoms with Gasteiger partial charge in [0.15, 0.2) is 0 Å². The highest BCUT2D eigenvalue weighted by atomic mass is 35.5. The lowest BCUT2D eigenvalue weighted by Crippen LogP contribution is -2.44. The zero-order valence-corrected chi connectivity index (χ0v) is 16.1. The minimum atomic E-state index is -1.09. The van der Waals surface area contributed by atoms with Crippen LogP contribution < -0.4 is 16.1 Å². The van der Waals surface area contributed by atoms with Gasteiger partial charge in [-0.3, -0.25) is 5.43 Å². The van der Waals surface area contributed by atoms with Crippen molar-refractivity contribution in [2.24, 2.45) is 15.1 Å². The molecule has 29 heavy (non-hydrogen) atoms. The second kappa shape index (κ2) is 8.70. The summed E-state index contributed by atoms with van der Waals surface area (Å²) in [5.74, 6) is -0.859. The Morgan fingerprint density at radius 2 is 2.07 bits per heavy atom. The number of carboxylic acid groups (broad SMARTS) is 1. The van der Waals surface area contributed by atoms with Gasteiger partial charge in [0.2, 0.25) is 0 Å². The molecule has 0 aliphatic carbocycles. The number of aliphatic imine (C=N–C) groups is 2. The van der Waals surface area contributed by atoms with Gasteiger partial charge in [-0.25, -0.2) is 19.2 Å². The molecule has 0 radical (unpaired) electrons. The largest absolute Gasteiger partial charge is 0.479 e. The average Bonchev–Trinajstić information content (AvgIpc) is 2.66. The van der Waals surface area contributed by atoms with Crippen LogP contribution in [0.1, 0.15) is 18.5 Å². The summed E-state index contributed by atoms with van der Waals surface area (Å²) in [6, 6.07) is 4.72. The molecule has 0 aromatic heterocycles. The van der Waals surface area contributed by atoms with Crippen LogP contribution >= 0.6 is 11.6 Å². The number of hydrazone groups is 1. The summed E-state index contributed by atoms with van der Waals surface area (Å²) in [5, 5.41) is 19.4. The molecular formula is C19H18ClFN6O2. The van der Waals surface area contributed by atoms with Crippen LogP contribution in [-0.2, 0) is 4.79 Å². The van der Waals surface area contributed by atoms with E-state index in [0.29, 0.717) is 11.4 Å². The molecule has 0 spiro atoms. The van der Waals surface area contributed by atoms with Gasteiger partial charge in [0.05, 0.1) is 17.5 Å². The van der Waals surface area contributed by atoms with Gasteiger partial charge < -0.3 is 15.7 Å². The highest BCUT2D eigenvalue weighted by Crippen LogP contribution is 2.20. The molecule has 1 aromatic rings. The van der Waals surface area contributed by atoms with Gasteiger partial charge in [0.1, 0.15) is 28.7 Å². The normalized spacial score (nSPS) is 24.7. The fourth-order valence-electron chi connectivity index (χ4n) is 2.64. The lowest BCUT2D eigenvalue weighted by molar-refractivity contribution is -0.137. The van der Waals surface area contributed by atoms with Crippen molar-refractivity contribution in [3.05, 3.63) is 71.6 Å². The second-order valence-corrected chi connectivity index (χ2v) is 6.60. The number of nitrogens with one attached hydrogen (secondary N) is 3. The van der Waals surface area contributed by atoms with Crippen LogP contribution in [0.15, 0.2) is 75.3 Å². The molecule has 0 fully saturated rings. The average molecular weight is 417 g/mol. The fourth-order valence-corrected chi connectivity index (χ4v) is 2.79. The first-order chi connectivity index (χ1) is 13.8. The Morgan fingerprint density at radius 3 is 2.76 bits per heavy atom. The molecule has 2 aliphatic heterocycles. The number of halogens is 2. The number of aliphatic carboxylic acids is 1. The lowest BCUT2D eigenvalue weighted by atomic mass is 10.1. The molecule has 0 saturated carbocycles. The van der Waals surface area contributed by atoms with E-state index >= 15 is 0 Å². The molecule has 1 unspecified atom stereocenters. The Hall–Kier alpha value is -3.46. The van der Waals surface area contributed by atoms with E-state index in [4.69, 9.17) is 11.6 Å². The monoisotopic (exact) mass is 416 g/mol. The molecule has 2 atom stereocenters. The zero-order valence-electron chi connectivity index (χ0n) is 15.4. The maximum atomic E-state index is 13.2. The Labute approximate surface area is 171 Å². The number of hydrogen-bond donors (Lipinski definition) is 4. The minimum absolute atomic E-state index is 0.109. The summed E-state index contributed by atoms with van der Waals surface area (Å²) in [7, 11) is 0. The topological polar surface area (TPSA) is 110 Å². The molecule has 0 bridgehead atoms. The third-order valence-electron chi connectivity index (χ3n) is 4.11. The summed E-state index contributed by atoms with van der Waals surface area (Å²) >= 11 is 5.92. The van der Waals surface area contributed by atoms with E-state index in [1.165, 1.54) is 30.6 Å². The predicted molar refractivity (Wildman–Crippen MR) is 110 cm³/mol.